The molecular weight excluding hydrogens is 290 g/mol. The van der Waals surface area contributed by atoms with Crippen LogP contribution in [0.4, 0.5) is 5.69 Å². The lowest BCUT2D eigenvalue weighted by molar-refractivity contribution is -0.123. The summed E-state index contributed by atoms with van der Waals surface area (Å²) in [6.45, 7) is 0.230. The van der Waals surface area contributed by atoms with Crippen molar-refractivity contribution in [3.63, 3.8) is 0 Å². The summed E-state index contributed by atoms with van der Waals surface area (Å²) in [6.07, 6.45) is 6.09. The second-order valence-electron chi connectivity index (χ2n) is 4.83. The molecule has 2 N–H and O–H groups in total. The molecule has 1 amide bonds. The standard InChI is InChI=1S/C14H15N3O3S/c18-14-9-4-10-17(14)21(19,20)16-13-8-3-6-11-5-1-2-7-12(11)15-13/h1-3,5-8,15-16H,4,9-10H2. The largest absolute Gasteiger partial charge is 0.341 e. The summed E-state index contributed by atoms with van der Waals surface area (Å²) in [7, 11) is -3.86. The molecule has 21 heavy (non-hydrogen) atoms. The number of hydrogen-bond donors (Lipinski definition) is 2. The number of nitrogens with zero attached hydrogens (tertiary/aromatic N) is 1. The topological polar surface area (TPSA) is 78.5 Å². The van der Waals surface area contributed by atoms with Crippen molar-refractivity contribution >= 4 is 27.9 Å². The molecule has 2 aliphatic heterocycles. The maximum Gasteiger partial charge on any atom is 0.327 e. The van der Waals surface area contributed by atoms with Crippen LogP contribution in [0.3, 0.4) is 0 Å². The lowest BCUT2D eigenvalue weighted by Crippen LogP contribution is -2.42. The molecule has 1 aromatic rings. The quantitative estimate of drug-likeness (QED) is 0.885. The van der Waals surface area contributed by atoms with Crippen molar-refractivity contribution in [1.82, 2.24) is 9.03 Å². The number of rotatable bonds is 3. The molecule has 6 nitrogen and oxygen atoms in total. The molecule has 1 saturated heterocycles. The molecule has 110 valence electrons. The van der Waals surface area contributed by atoms with Crippen molar-refractivity contribution in [2.24, 2.45) is 0 Å². The molecule has 1 fully saturated rings. The van der Waals surface area contributed by atoms with Crippen LogP contribution < -0.4 is 10.0 Å². The number of hydrogen-bond acceptors (Lipinski definition) is 4. The highest BCUT2D eigenvalue weighted by Crippen LogP contribution is 2.21. The van der Waals surface area contributed by atoms with Gasteiger partial charge in [-0.1, -0.05) is 30.4 Å². The zero-order valence-electron chi connectivity index (χ0n) is 11.2. The molecule has 0 unspecified atom stereocenters. The van der Waals surface area contributed by atoms with E-state index in [4.69, 9.17) is 0 Å². The fourth-order valence-electron chi connectivity index (χ4n) is 2.32. The van der Waals surface area contributed by atoms with E-state index >= 15 is 0 Å². The molecule has 2 heterocycles. The maximum atomic E-state index is 12.2. The van der Waals surface area contributed by atoms with Gasteiger partial charge in [-0.15, -0.1) is 0 Å². The zero-order valence-corrected chi connectivity index (χ0v) is 12.1. The molecular formula is C14H15N3O3S. The summed E-state index contributed by atoms with van der Waals surface area (Å²) in [4.78, 5) is 11.6. The predicted molar refractivity (Wildman–Crippen MR) is 80.2 cm³/mol. The van der Waals surface area contributed by atoms with Crippen LogP contribution in [0.5, 0.6) is 0 Å². The van der Waals surface area contributed by atoms with Crippen molar-refractivity contribution in [3.8, 4) is 0 Å². The fraction of sp³-hybridized carbons (Fsp3) is 0.214. The molecule has 3 rings (SSSR count). The Morgan fingerprint density at radius 1 is 1.24 bits per heavy atom. The first-order valence-electron chi connectivity index (χ1n) is 6.64. The molecule has 0 spiro atoms. The van der Waals surface area contributed by atoms with E-state index in [1.165, 1.54) is 0 Å². The lowest BCUT2D eigenvalue weighted by atomic mass is 10.2. The van der Waals surface area contributed by atoms with Crippen molar-refractivity contribution in [3.05, 3.63) is 47.8 Å². The van der Waals surface area contributed by atoms with Gasteiger partial charge in [-0.2, -0.15) is 8.42 Å². The van der Waals surface area contributed by atoms with E-state index in [0.717, 1.165) is 15.6 Å². The highest BCUT2D eigenvalue weighted by atomic mass is 32.2. The summed E-state index contributed by atoms with van der Waals surface area (Å²) < 4.78 is 27.8. The van der Waals surface area contributed by atoms with E-state index in [0.29, 0.717) is 12.2 Å². The number of anilines is 1. The Morgan fingerprint density at radius 3 is 2.81 bits per heavy atom. The maximum absolute atomic E-state index is 12.2. The summed E-state index contributed by atoms with van der Waals surface area (Å²) in [5, 5.41) is 3.02. The van der Waals surface area contributed by atoms with Crippen LogP contribution >= 0.6 is 0 Å². The molecule has 0 radical (unpaired) electrons. The third-order valence-electron chi connectivity index (χ3n) is 3.33. The molecule has 7 heteroatoms. The van der Waals surface area contributed by atoms with Gasteiger partial charge in [0.05, 0.1) is 0 Å². The first-order chi connectivity index (χ1) is 10.1. The Hall–Kier alpha value is -2.28. The number of para-hydroxylation sites is 1. The Balaban J connectivity index is 1.81. The van der Waals surface area contributed by atoms with Gasteiger partial charge >= 0.3 is 10.2 Å². The summed E-state index contributed by atoms with van der Waals surface area (Å²) >= 11 is 0. The summed E-state index contributed by atoms with van der Waals surface area (Å²) in [6, 6.07) is 7.55. The fourth-order valence-corrected chi connectivity index (χ4v) is 3.56. The van der Waals surface area contributed by atoms with Crippen molar-refractivity contribution in [2.75, 3.05) is 11.9 Å². The van der Waals surface area contributed by atoms with Gasteiger partial charge in [0.2, 0.25) is 5.91 Å². The predicted octanol–water partition coefficient (Wildman–Crippen LogP) is 1.42. The molecule has 0 aliphatic carbocycles. The van der Waals surface area contributed by atoms with Gasteiger partial charge in [0.25, 0.3) is 0 Å². The van der Waals surface area contributed by atoms with Crippen molar-refractivity contribution in [2.45, 2.75) is 12.8 Å². The van der Waals surface area contributed by atoms with E-state index in [1.54, 1.807) is 12.2 Å². The van der Waals surface area contributed by atoms with E-state index < -0.39 is 10.2 Å². The number of fused-ring (bicyclic) bond motifs is 1. The van der Waals surface area contributed by atoms with Crippen LogP contribution in [0.1, 0.15) is 18.4 Å². The zero-order chi connectivity index (χ0) is 14.9. The second-order valence-corrected chi connectivity index (χ2v) is 6.42. The molecule has 0 atom stereocenters. The van der Waals surface area contributed by atoms with E-state index in [2.05, 4.69) is 10.0 Å². The molecule has 0 bridgehead atoms. The van der Waals surface area contributed by atoms with Gasteiger partial charge in [-0.25, -0.2) is 4.31 Å². The average molecular weight is 305 g/mol. The van der Waals surface area contributed by atoms with E-state index in [9.17, 15) is 13.2 Å². The van der Waals surface area contributed by atoms with Crippen LogP contribution in [0, 0.1) is 0 Å². The van der Waals surface area contributed by atoms with Gasteiger partial charge in [0.15, 0.2) is 0 Å². The Kier molecular flexibility index (Phi) is 3.42. The van der Waals surface area contributed by atoms with Crippen molar-refractivity contribution < 1.29 is 13.2 Å². The Morgan fingerprint density at radius 2 is 2.05 bits per heavy atom. The number of carbonyl (C=O) groups is 1. The Labute approximate surface area is 123 Å². The van der Waals surface area contributed by atoms with Crippen LogP contribution in [0.15, 0.2) is 42.2 Å². The first-order valence-corrected chi connectivity index (χ1v) is 8.08. The van der Waals surface area contributed by atoms with Crippen LogP contribution in [0.2, 0.25) is 0 Å². The average Bonchev–Trinajstić information content (AvgIpc) is 2.77. The van der Waals surface area contributed by atoms with E-state index in [-0.39, 0.29) is 18.9 Å². The smallest absolute Gasteiger partial charge is 0.327 e. The van der Waals surface area contributed by atoms with E-state index in [1.807, 2.05) is 30.3 Å². The normalized spacial score (nSPS) is 17.8. The molecule has 0 aromatic heterocycles. The highest BCUT2D eigenvalue weighted by Gasteiger charge is 2.31. The number of nitrogens with one attached hydrogen (secondary N) is 2. The number of benzene rings is 1. The van der Waals surface area contributed by atoms with Crippen LogP contribution in [-0.4, -0.2) is 25.2 Å². The number of amides is 1. The lowest BCUT2D eigenvalue weighted by Gasteiger charge is -2.19. The summed E-state index contributed by atoms with van der Waals surface area (Å²) in [5.74, 6) is -0.0523. The molecule has 0 saturated carbocycles. The third-order valence-corrected chi connectivity index (χ3v) is 4.77. The third kappa shape index (κ3) is 2.78. The van der Waals surface area contributed by atoms with Gasteiger partial charge < -0.3 is 5.32 Å². The number of allylic oxidation sites excluding steroid dienone is 2. The summed E-state index contributed by atoms with van der Waals surface area (Å²) in [5.41, 5.74) is 1.76. The van der Waals surface area contributed by atoms with Gasteiger partial charge in [0, 0.05) is 18.7 Å². The van der Waals surface area contributed by atoms with Gasteiger partial charge in [-0.05, 0) is 24.1 Å². The highest BCUT2D eigenvalue weighted by molar-refractivity contribution is 7.87. The minimum atomic E-state index is -3.86. The first kappa shape index (κ1) is 13.7. The monoisotopic (exact) mass is 305 g/mol. The minimum Gasteiger partial charge on any atom is -0.341 e. The number of carbonyl (C=O) groups excluding carboxylic acids is 1. The SMILES string of the molecule is O=C1CCCN1S(=O)(=O)NC1=CC=Cc2ccccc2N1. The van der Waals surface area contributed by atoms with Crippen molar-refractivity contribution in [1.29, 1.82) is 0 Å². The second kappa shape index (κ2) is 5.25. The van der Waals surface area contributed by atoms with Crippen LogP contribution in [-0.2, 0) is 15.0 Å². The molecule has 2 aliphatic rings. The Bertz CT molecular complexity index is 738. The van der Waals surface area contributed by atoms with Crippen LogP contribution in [0.25, 0.3) is 6.08 Å². The van der Waals surface area contributed by atoms with Gasteiger partial charge in [0.1, 0.15) is 5.82 Å². The van der Waals surface area contributed by atoms with Gasteiger partial charge in [-0.3, -0.25) is 9.52 Å². The molecule has 1 aromatic carbocycles. The minimum absolute atomic E-state index is 0.230.